The van der Waals surface area contributed by atoms with E-state index in [2.05, 4.69) is 15.9 Å². The van der Waals surface area contributed by atoms with Gasteiger partial charge >= 0.3 is 0 Å². The van der Waals surface area contributed by atoms with Crippen LogP contribution in [0.15, 0.2) is 27.6 Å². The van der Waals surface area contributed by atoms with Crippen LogP contribution in [0.1, 0.15) is 25.8 Å². The number of hydrogen-bond acceptors (Lipinski definition) is 3. The van der Waals surface area contributed by atoms with Gasteiger partial charge in [0, 0.05) is 23.7 Å². The molecule has 0 aromatic heterocycles. The second-order valence-corrected chi connectivity index (χ2v) is 7.43. The van der Waals surface area contributed by atoms with Crippen LogP contribution in [0.2, 0.25) is 0 Å². The van der Waals surface area contributed by atoms with Crippen molar-refractivity contribution in [1.82, 2.24) is 4.31 Å². The molecule has 1 N–H and O–H groups in total. The highest BCUT2D eigenvalue weighted by atomic mass is 79.9. The Hall–Kier alpha value is -0.430. The van der Waals surface area contributed by atoms with Crippen molar-refractivity contribution in [1.29, 1.82) is 0 Å². The second kappa shape index (κ2) is 6.83. The molecule has 0 aliphatic rings. The van der Waals surface area contributed by atoms with Crippen LogP contribution >= 0.6 is 15.9 Å². The first-order valence-electron chi connectivity index (χ1n) is 6.19. The number of hydrogen-bond donors (Lipinski definition) is 1. The molecule has 6 heteroatoms. The van der Waals surface area contributed by atoms with Gasteiger partial charge in [-0.1, -0.05) is 6.07 Å². The molecule has 0 unspecified atom stereocenters. The quantitative estimate of drug-likeness (QED) is 0.858. The summed E-state index contributed by atoms with van der Waals surface area (Å²) < 4.78 is 27.2. The van der Waals surface area contributed by atoms with Crippen LogP contribution in [0, 0.1) is 6.92 Å². The molecule has 108 valence electrons. The molecule has 0 amide bonds. The summed E-state index contributed by atoms with van der Waals surface area (Å²) in [6, 6.07) is 5.03. The average molecular weight is 350 g/mol. The third kappa shape index (κ3) is 4.02. The molecule has 0 fully saturated rings. The van der Waals surface area contributed by atoms with Crippen LogP contribution in [0.5, 0.6) is 0 Å². The third-order valence-corrected chi connectivity index (χ3v) is 5.84. The van der Waals surface area contributed by atoms with Gasteiger partial charge in [0.05, 0.1) is 4.90 Å². The molecule has 1 aromatic carbocycles. The zero-order chi connectivity index (χ0) is 14.6. The molecule has 0 saturated carbocycles. The van der Waals surface area contributed by atoms with Gasteiger partial charge in [-0.25, -0.2) is 8.42 Å². The van der Waals surface area contributed by atoms with Crippen molar-refractivity contribution < 1.29 is 13.5 Å². The summed E-state index contributed by atoms with van der Waals surface area (Å²) in [5.74, 6) is 0. The van der Waals surface area contributed by atoms with Gasteiger partial charge < -0.3 is 5.11 Å². The Morgan fingerprint density at radius 1 is 1.37 bits per heavy atom. The molecule has 0 heterocycles. The van der Waals surface area contributed by atoms with Crippen molar-refractivity contribution in [3.8, 4) is 0 Å². The predicted octanol–water partition coefficient (Wildman–Crippen LogP) is 2.54. The minimum atomic E-state index is -3.54. The number of benzene rings is 1. The van der Waals surface area contributed by atoms with Crippen molar-refractivity contribution in [3.05, 3.63) is 28.2 Å². The van der Waals surface area contributed by atoms with E-state index in [4.69, 9.17) is 5.11 Å². The molecular weight excluding hydrogens is 330 g/mol. The molecule has 0 radical (unpaired) electrons. The molecule has 4 nitrogen and oxygen atoms in total. The Labute approximate surface area is 123 Å². The molecule has 0 aliphatic heterocycles. The van der Waals surface area contributed by atoms with Gasteiger partial charge in [0.1, 0.15) is 0 Å². The van der Waals surface area contributed by atoms with Crippen molar-refractivity contribution >= 4 is 26.0 Å². The molecule has 0 aliphatic carbocycles. The smallest absolute Gasteiger partial charge is 0.244 e. The molecule has 19 heavy (non-hydrogen) atoms. The van der Waals surface area contributed by atoms with Gasteiger partial charge in [0.2, 0.25) is 10.0 Å². The number of halogens is 1. The Balaban J connectivity index is 3.19. The van der Waals surface area contributed by atoms with E-state index in [1.807, 2.05) is 20.8 Å². The average Bonchev–Trinajstić information content (AvgIpc) is 2.27. The number of sulfonamides is 1. The SMILES string of the molecule is Cc1ccc(S(=O)(=O)N(CCCO)C(C)C)c(Br)c1. The lowest BCUT2D eigenvalue weighted by Crippen LogP contribution is -2.38. The van der Waals surface area contributed by atoms with Crippen LogP contribution in [0.4, 0.5) is 0 Å². The number of aliphatic hydroxyl groups is 1. The van der Waals surface area contributed by atoms with Crippen LogP contribution < -0.4 is 0 Å². The lowest BCUT2D eigenvalue weighted by atomic mass is 10.2. The standard InChI is InChI=1S/C13H20BrNO3S/c1-10(2)15(7-4-8-16)19(17,18)13-6-5-11(3)9-12(13)14/h5-6,9-10,16H,4,7-8H2,1-3H3. The summed E-state index contributed by atoms with van der Waals surface area (Å²) in [6.45, 7) is 5.87. The fourth-order valence-corrected chi connectivity index (χ4v) is 4.65. The van der Waals surface area contributed by atoms with Crippen LogP contribution in [0.3, 0.4) is 0 Å². The summed E-state index contributed by atoms with van der Waals surface area (Å²) in [5, 5.41) is 8.89. The maximum absolute atomic E-state index is 12.6. The zero-order valence-electron chi connectivity index (χ0n) is 11.4. The Morgan fingerprint density at radius 3 is 2.47 bits per heavy atom. The van der Waals surface area contributed by atoms with Crippen molar-refractivity contribution in [3.63, 3.8) is 0 Å². The number of aryl methyl sites for hydroxylation is 1. The minimum Gasteiger partial charge on any atom is -0.396 e. The first-order valence-corrected chi connectivity index (χ1v) is 8.43. The van der Waals surface area contributed by atoms with E-state index in [9.17, 15) is 8.42 Å². The first kappa shape index (κ1) is 16.6. The van der Waals surface area contributed by atoms with Gasteiger partial charge in [-0.05, 0) is 60.8 Å². The summed E-state index contributed by atoms with van der Waals surface area (Å²) in [7, 11) is -3.54. The van der Waals surface area contributed by atoms with Gasteiger partial charge in [0.15, 0.2) is 0 Å². The molecule has 1 aromatic rings. The Kier molecular flexibility index (Phi) is 5.98. The van der Waals surface area contributed by atoms with Crippen LogP contribution in [-0.4, -0.2) is 37.0 Å². The highest BCUT2D eigenvalue weighted by Crippen LogP contribution is 2.27. The monoisotopic (exact) mass is 349 g/mol. The molecule has 0 spiro atoms. The molecule has 1 rings (SSSR count). The fraction of sp³-hybridized carbons (Fsp3) is 0.538. The van der Waals surface area contributed by atoms with Crippen LogP contribution in [-0.2, 0) is 10.0 Å². The fourth-order valence-electron chi connectivity index (χ4n) is 1.82. The highest BCUT2D eigenvalue weighted by molar-refractivity contribution is 9.10. The third-order valence-electron chi connectivity index (χ3n) is 2.79. The summed E-state index contributed by atoms with van der Waals surface area (Å²) in [5.41, 5.74) is 0.997. The van der Waals surface area contributed by atoms with Crippen molar-refractivity contribution in [2.24, 2.45) is 0 Å². The van der Waals surface area contributed by atoms with E-state index in [0.717, 1.165) is 5.56 Å². The largest absolute Gasteiger partial charge is 0.396 e. The van der Waals surface area contributed by atoms with Crippen LogP contribution in [0.25, 0.3) is 0 Å². The topological polar surface area (TPSA) is 57.6 Å². The Morgan fingerprint density at radius 2 is 2.00 bits per heavy atom. The van der Waals surface area contributed by atoms with E-state index in [1.54, 1.807) is 18.2 Å². The Bertz CT molecular complexity index is 529. The van der Waals surface area contributed by atoms with E-state index in [-0.39, 0.29) is 17.5 Å². The van der Waals surface area contributed by atoms with Gasteiger partial charge in [-0.3, -0.25) is 0 Å². The first-order chi connectivity index (χ1) is 8.80. The maximum atomic E-state index is 12.6. The molecule has 0 bridgehead atoms. The van der Waals surface area contributed by atoms with Gasteiger partial charge in [0.25, 0.3) is 0 Å². The normalized spacial score (nSPS) is 12.4. The van der Waals surface area contributed by atoms with E-state index < -0.39 is 10.0 Å². The maximum Gasteiger partial charge on any atom is 0.244 e. The lowest BCUT2D eigenvalue weighted by Gasteiger charge is -2.26. The van der Waals surface area contributed by atoms with Gasteiger partial charge in [-0.2, -0.15) is 4.31 Å². The summed E-state index contributed by atoms with van der Waals surface area (Å²) in [4.78, 5) is 0.268. The summed E-state index contributed by atoms with van der Waals surface area (Å²) >= 11 is 3.31. The molecular formula is C13H20BrNO3S. The van der Waals surface area contributed by atoms with E-state index >= 15 is 0 Å². The lowest BCUT2D eigenvalue weighted by molar-refractivity contribution is 0.258. The predicted molar refractivity (Wildman–Crippen MR) is 79.6 cm³/mol. The zero-order valence-corrected chi connectivity index (χ0v) is 13.8. The number of rotatable bonds is 6. The van der Waals surface area contributed by atoms with Crippen molar-refractivity contribution in [2.75, 3.05) is 13.2 Å². The summed E-state index contributed by atoms with van der Waals surface area (Å²) in [6.07, 6.45) is 0.431. The molecule has 0 saturated heterocycles. The van der Waals surface area contributed by atoms with E-state index in [0.29, 0.717) is 17.4 Å². The minimum absolute atomic E-state index is 0.0200. The van der Waals surface area contributed by atoms with Crippen molar-refractivity contribution in [2.45, 2.75) is 38.1 Å². The number of aliphatic hydroxyl groups excluding tert-OH is 1. The highest BCUT2D eigenvalue weighted by Gasteiger charge is 2.28. The van der Waals surface area contributed by atoms with E-state index in [1.165, 1.54) is 4.31 Å². The molecule has 0 atom stereocenters. The van der Waals surface area contributed by atoms with Gasteiger partial charge in [-0.15, -0.1) is 0 Å². The number of nitrogens with zero attached hydrogens (tertiary/aromatic N) is 1. The second-order valence-electron chi connectivity index (χ2n) is 4.72.